The Bertz CT molecular complexity index is 1680. The molecule has 1 aliphatic carbocycles. The van der Waals surface area contributed by atoms with Crippen molar-refractivity contribution in [2.75, 3.05) is 13.1 Å². The third-order valence-corrected chi connectivity index (χ3v) is 9.35. The number of imidazole rings is 2. The second-order valence-electron chi connectivity index (χ2n) is 12.0. The molecule has 2 fully saturated rings. The lowest BCUT2D eigenvalue weighted by atomic mass is 9.91. The van der Waals surface area contributed by atoms with Gasteiger partial charge in [-0.3, -0.25) is 0 Å². The van der Waals surface area contributed by atoms with Crippen LogP contribution in [0.25, 0.3) is 44.2 Å². The van der Waals surface area contributed by atoms with Crippen LogP contribution < -0.4 is 10.6 Å². The minimum Gasteiger partial charge on any atom is -0.341 e. The van der Waals surface area contributed by atoms with Crippen LogP contribution in [-0.2, 0) is 12.8 Å². The van der Waals surface area contributed by atoms with Crippen molar-refractivity contribution in [2.24, 2.45) is 5.92 Å². The fourth-order valence-electron chi connectivity index (χ4n) is 7.18. The highest BCUT2D eigenvalue weighted by Crippen LogP contribution is 2.40. The molecule has 3 atom stereocenters. The Balaban J connectivity index is 1.14. The van der Waals surface area contributed by atoms with Crippen LogP contribution >= 0.6 is 0 Å². The predicted molar refractivity (Wildman–Crippen MR) is 158 cm³/mol. The van der Waals surface area contributed by atoms with Gasteiger partial charge in [0, 0.05) is 10.9 Å². The van der Waals surface area contributed by atoms with Crippen LogP contribution in [0.4, 0.5) is 0 Å². The van der Waals surface area contributed by atoms with Crippen LogP contribution in [0.1, 0.15) is 73.9 Å². The first kappa shape index (κ1) is 23.4. The highest BCUT2D eigenvalue weighted by Gasteiger charge is 2.25. The van der Waals surface area contributed by atoms with Gasteiger partial charge in [0.2, 0.25) is 0 Å². The molecule has 0 radical (unpaired) electrons. The molecular weight excluding hydrogens is 480 g/mol. The number of rotatable bonds is 4. The first-order valence-corrected chi connectivity index (χ1v) is 14.8. The monoisotopic (exact) mass is 516 g/mol. The van der Waals surface area contributed by atoms with Crippen molar-refractivity contribution in [3.63, 3.8) is 0 Å². The number of nitrogens with zero attached hydrogens (tertiary/aromatic N) is 2. The zero-order chi connectivity index (χ0) is 25.9. The van der Waals surface area contributed by atoms with Crippen LogP contribution in [0.3, 0.4) is 0 Å². The van der Waals surface area contributed by atoms with Gasteiger partial charge in [-0.2, -0.15) is 0 Å². The molecule has 39 heavy (non-hydrogen) atoms. The Morgan fingerprint density at radius 1 is 0.795 bits per heavy atom. The van der Waals surface area contributed by atoms with Gasteiger partial charge in [0.15, 0.2) is 0 Å². The third-order valence-electron chi connectivity index (χ3n) is 9.35. The second kappa shape index (κ2) is 9.32. The summed E-state index contributed by atoms with van der Waals surface area (Å²) in [6.07, 6.45) is 10.3. The number of hydrogen-bond donors (Lipinski definition) is 4. The van der Waals surface area contributed by atoms with Crippen molar-refractivity contribution in [1.82, 2.24) is 30.6 Å². The molecule has 198 valence electrons. The van der Waals surface area contributed by atoms with Crippen molar-refractivity contribution >= 4 is 21.8 Å². The van der Waals surface area contributed by atoms with Gasteiger partial charge in [-0.05, 0) is 104 Å². The molecule has 6 heteroatoms. The summed E-state index contributed by atoms with van der Waals surface area (Å²) in [5, 5.41) is 9.71. The predicted octanol–water partition coefficient (Wildman–Crippen LogP) is 6.75. The summed E-state index contributed by atoms with van der Waals surface area (Å²) in [6, 6.07) is 16.7. The van der Waals surface area contributed by atoms with E-state index >= 15 is 0 Å². The van der Waals surface area contributed by atoms with Gasteiger partial charge in [0.1, 0.15) is 11.6 Å². The molecule has 8 rings (SSSR count). The van der Waals surface area contributed by atoms with Crippen molar-refractivity contribution in [2.45, 2.75) is 64.0 Å². The van der Waals surface area contributed by atoms with E-state index in [-0.39, 0.29) is 0 Å². The van der Waals surface area contributed by atoms with Crippen LogP contribution in [0.2, 0.25) is 0 Å². The number of fused-ring (bicyclic) bond motifs is 4. The summed E-state index contributed by atoms with van der Waals surface area (Å²) < 4.78 is 0. The Morgan fingerprint density at radius 2 is 1.67 bits per heavy atom. The Morgan fingerprint density at radius 3 is 2.51 bits per heavy atom. The van der Waals surface area contributed by atoms with E-state index < -0.39 is 0 Å². The SMILES string of the molecule is CC1CC[C@@H](c2nc3c(ccc4cc(-c5ccc(-c6cnc([C@@H]7CCCN7)[nH]6)c6c5CCC6)ccc43)[nH]2)NC1. The average molecular weight is 517 g/mol. The lowest BCUT2D eigenvalue weighted by Crippen LogP contribution is -2.32. The maximum Gasteiger partial charge on any atom is 0.124 e. The summed E-state index contributed by atoms with van der Waals surface area (Å²) in [5.41, 5.74) is 10.3. The van der Waals surface area contributed by atoms with E-state index in [0.717, 1.165) is 73.1 Å². The highest BCUT2D eigenvalue weighted by atomic mass is 15.0. The number of piperidine rings is 1. The van der Waals surface area contributed by atoms with E-state index in [1.807, 2.05) is 6.20 Å². The molecule has 1 unspecified atom stereocenters. The highest BCUT2D eigenvalue weighted by molar-refractivity contribution is 6.05. The first-order valence-electron chi connectivity index (χ1n) is 14.8. The first-order chi connectivity index (χ1) is 19.2. The number of nitrogens with one attached hydrogen (secondary N) is 4. The van der Waals surface area contributed by atoms with E-state index in [0.29, 0.717) is 12.1 Å². The molecule has 3 aliphatic rings. The number of aromatic nitrogens is 4. The van der Waals surface area contributed by atoms with Crippen molar-refractivity contribution in [3.05, 3.63) is 71.4 Å². The van der Waals surface area contributed by atoms with Crippen molar-refractivity contribution in [1.29, 1.82) is 0 Å². The Hall–Kier alpha value is -3.48. The molecule has 2 aromatic heterocycles. The number of benzene rings is 3. The van der Waals surface area contributed by atoms with Gasteiger partial charge in [0.25, 0.3) is 0 Å². The molecule has 2 saturated heterocycles. The van der Waals surface area contributed by atoms with Gasteiger partial charge in [-0.1, -0.05) is 37.3 Å². The smallest absolute Gasteiger partial charge is 0.124 e. The molecule has 0 amide bonds. The van der Waals surface area contributed by atoms with Gasteiger partial charge < -0.3 is 20.6 Å². The zero-order valence-electron chi connectivity index (χ0n) is 22.6. The Labute approximate surface area is 229 Å². The maximum absolute atomic E-state index is 5.09. The fraction of sp³-hybridized carbons (Fsp3) is 0.394. The minimum atomic E-state index is 0.324. The topological polar surface area (TPSA) is 81.4 Å². The lowest BCUT2D eigenvalue weighted by Gasteiger charge is -2.26. The largest absolute Gasteiger partial charge is 0.341 e. The lowest BCUT2D eigenvalue weighted by molar-refractivity contribution is 0.325. The quantitative estimate of drug-likeness (QED) is 0.213. The molecule has 0 bridgehead atoms. The van der Waals surface area contributed by atoms with Gasteiger partial charge in [-0.25, -0.2) is 9.97 Å². The number of aromatic amines is 2. The summed E-state index contributed by atoms with van der Waals surface area (Å²) in [5.74, 6) is 2.90. The number of H-pyrrole nitrogens is 2. The van der Waals surface area contributed by atoms with Crippen LogP contribution in [0, 0.1) is 5.92 Å². The summed E-state index contributed by atoms with van der Waals surface area (Å²) >= 11 is 0. The van der Waals surface area contributed by atoms with Crippen LogP contribution in [-0.4, -0.2) is 33.0 Å². The molecule has 4 heterocycles. The van der Waals surface area contributed by atoms with Crippen molar-refractivity contribution in [3.8, 4) is 22.4 Å². The fourth-order valence-corrected chi connectivity index (χ4v) is 7.18. The summed E-state index contributed by atoms with van der Waals surface area (Å²) in [4.78, 5) is 17.1. The zero-order valence-corrected chi connectivity index (χ0v) is 22.6. The van der Waals surface area contributed by atoms with E-state index in [1.165, 1.54) is 57.9 Å². The van der Waals surface area contributed by atoms with Crippen LogP contribution in [0.15, 0.2) is 48.7 Å². The molecule has 0 saturated carbocycles. The van der Waals surface area contributed by atoms with E-state index in [9.17, 15) is 0 Å². The maximum atomic E-state index is 5.09. The average Bonchev–Trinajstić information content (AvgIpc) is 3.78. The molecule has 5 aromatic rings. The molecule has 0 spiro atoms. The Kier molecular flexibility index (Phi) is 5.59. The van der Waals surface area contributed by atoms with Crippen LogP contribution in [0.5, 0.6) is 0 Å². The summed E-state index contributed by atoms with van der Waals surface area (Å²) in [7, 11) is 0. The molecule has 6 nitrogen and oxygen atoms in total. The van der Waals surface area contributed by atoms with E-state index in [1.54, 1.807) is 0 Å². The second-order valence-corrected chi connectivity index (χ2v) is 12.0. The normalized spacial score (nSPS) is 23.2. The van der Waals surface area contributed by atoms with E-state index in [4.69, 9.17) is 9.97 Å². The minimum absolute atomic E-state index is 0.324. The van der Waals surface area contributed by atoms with E-state index in [2.05, 4.69) is 70.0 Å². The molecular formula is C33H36N6. The third kappa shape index (κ3) is 4.00. The molecule has 2 aliphatic heterocycles. The molecule has 3 aromatic carbocycles. The summed E-state index contributed by atoms with van der Waals surface area (Å²) in [6.45, 7) is 4.46. The van der Waals surface area contributed by atoms with Gasteiger partial charge in [0.05, 0.1) is 35.0 Å². The standard InChI is InChI=1S/C33H36N6/c1-19-7-13-29(35-17-19)33-37-27-14-9-21-16-20(8-10-23(21)31(27)39-33)22-11-12-26(25-5-2-4-24(22)25)30-18-36-32(38-30)28-6-3-15-34-28/h8-12,14,16,18-19,28-29,34-35H,2-7,13,15,17H2,1H3,(H,36,38)(H,37,39)/t19?,28-,29-/m0/s1. The van der Waals surface area contributed by atoms with Crippen molar-refractivity contribution < 1.29 is 0 Å². The molecule has 4 N–H and O–H groups in total. The number of hydrogen-bond acceptors (Lipinski definition) is 4. The van der Waals surface area contributed by atoms with Gasteiger partial charge >= 0.3 is 0 Å². The van der Waals surface area contributed by atoms with Gasteiger partial charge in [-0.15, -0.1) is 0 Å².